The third kappa shape index (κ3) is 3.63. The molecule has 1 heterocycles. The Balaban J connectivity index is 1.39. The molecule has 0 spiro atoms. The summed E-state index contributed by atoms with van der Waals surface area (Å²) in [6.45, 7) is 5.43. The van der Waals surface area contributed by atoms with Gasteiger partial charge in [0.1, 0.15) is 0 Å². The minimum Gasteiger partial charge on any atom is -0.349 e. The molecule has 3 unspecified atom stereocenters. The van der Waals surface area contributed by atoms with E-state index in [-0.39, 0.29) is 28.3 Å². The van der Waals surface area contributed by atoms with Crippen molar-refractivity contribution >= 4 is 11.8 Å². The molecule has 0 saturated heterocycles. The fourth-order valence-corrected chi connectivity index (χ4v) is 8.18. The molecule has 4 nitrogen and oxygen atoms in total. The summed E-state index contributed by atoms with van der Waals surface area (Å²) in [5, 5.41) is 5.60. The van der Waals surface area contributed by atoms with Gasteiger partial charge < -0.3 is 10.6 Å². The Hall–Kier alpha value is -2.31. The predicted octanol–water partition coefficient (Wildman–Crippen LogP) is 5.49. The topological polar surface area (TPSA) is 58.2 Å². The molecule has 0 aromatic heterocycles. The number of alkyl halides is 3. The highest BCUT2D eigenvalue weighted by molar-refractivity contribution is 5.89. The van der Waals surface area contributed by atoms with E-state index in [0.717, 1.165) is 39.0 Å². The third-order valence-corrected chi connectivity index (χ3v) is 10.3. The summed E-state index contributed by atoms with van der Waals surface area (Å²) in [6, 6.07) is 7.79. The summed E-state index contributed by atoms with van der Waals surface area (Å²) in [5.74, 6) is 0.163. The lowest BCUT2D eigenvalue weighted by Crippen LogP contribution is -2.60. The van der Waals surface area contributed by atoms with Gasteiger partial charge in [-0.1, -0.05) is 50.3 Å². The van der Waals surface area contributed by atoms with Gasteiger partial charge in [-0.05, 0) is 80.3 Å². The highest BCUT2D eigenvalue weighted by Gasteiger charge is 2.62. The number of halogens is 3. The number of carbonyl (C=O) groups is 2. The van der Waals surface area contributed by atoms with Crippen LogP contribution in [0.4, 0.5) is 13.2 Å². The van der Waals surface area contributed by atoms with Crippen molar-refractivity contribution in [2.75, 3.05) is 0 Å². The zero-order valence-electron chi connectivity index (χ0n) is 20.6. The van der Waals surface area contributed by atoms with E-state index in [1.807, 2.05) is 0 Å². The van der Waals surface area contributed by atoms with E-state index >= 15 is 0 Å². The second-order valence-corrected chi connectivity index (χ2v) is 11.9. The quantitative estimate of drug-likeness (QED) is 0.591. The van der Waals surface area contributed by atoms with Crippen LogP contribution in [0.2, 0.25) is 0 Å². The SMILES string of the molecule is CC(NC(=O)C1CC[C@H]2[C@@H]3CCC4NC(=O)C=C[C@]4(C)[C@@H]3CC[C@]12C)(c1ccccc1)C(F)(F)F. The number of nitrogens with one attached hydrogen (secondary N) is 2. The lowest BCUT2D eigenvalue weighted by Gasteiger charge is -2.58. The number of amides is 2. The van der Waals surface area contributed by atoms with Crippen LogP contribution in [0.1, 0.15) is 64.9 Å². The number of carbonyl (C=O) groups excluding carboxylic acids is 2. The maximum Gasteiger partial charge on any atom is 0.415 e. The van der Waals surface area contributed by atoms with Crippen LogP contribution in [0, 0.1) is 34.5 Å². The van der Waals surface area contributed by atoms with Gasteiger partial charge in [0.25, 0.3) is 0 Å². The van der Waals surface area contributed by atoms with Gasteiger partial charge in [0.05, 0.1) is 0 Å². The minimum atomic E-state index is -4.62. The lowest BCUT2D eigenvalue weighted by molar-refractivity contribution is -0.199. The monoisotopic (exact) mass is 488 g/mol. The molecule has 35 heavy (non-hydrogen) atoms. The number of hydrogen-bond donors (Lipinski definition) is 2. The molecule has 1 aromatic rings. The molecular weight excluding hydrogens is 453 g/mol. The van der Waals surface area contributed by atoms with E-state index in [0.29, 0.717) is 24.2 Å². The van der Waals surface area contributed by atoms with Gasteiger partial charge in [0.15, 0.2) is 5.54 Å². The van der Waals surface area contributed by atoms with Crippen molar-refractivity contribution in [1.82, 2.24) is 10.6 Å². The van der Waals surface area contributed by atoms with Crippen LogP contribution >= 0.6 is 0 Å². The fourth-order valence-electron chi connectivity index (χ4n) is 8.18. The van der Waals surface area contributed by atoms with Crippen molar-refractivity contribution in [2.24, 2.45) is 34.5 Å². The van der Waals surface area contributed by atoms with Crippen LogP contribution < -0.4 is 10.6 Å². The van der Waals surface area contributed by atoms with Crippen LogP contribution in [-0.4, -0.2) is 24.0 Å². The maximum atomic E-state index is 14.3. The van der Waals surface area contributed by atoms with E-state index in [1.54, 1.807) is 24.3 Å². The molecule has 2 N–H and O–H groups in total. The van der Waals surface area contributed by atoms with Crippen LogP contribution in [0.5, 0.6) is 0 Å². The number of benzene rings is 1. The summed E-state index contributed by atoms with van der Waals surface area (Å²) in [5.41, 5.74) is -2.82. The Bertz CT molecular complexity index is 1040. The first-order valence-corrected chi connectivity index (χ1v) is 12.8. The van der Waals surface area contributed by atoms with Crippen molar-refractivity contribution in [1.29, 1.82) is 0 Å². The maximum absolute atomic E-state index is 14.3. The summed E-state index contributed by atoms with van der Waals surface area (Å²) in [6.07, 6.45) is 4.22. The summed E-state index contributed by atoms with van der Waals surface area (Å²) < 4.78 is 42.8. The van der Waals surface area contributed by atoms with Gasteiger partial charge >= 0.3 is 6.18 Å². The lowest BCUT2D eigenvalue weighted by atomic mass is 9.48. The largest absolute Gasteiger partial charge is 0.415 e. The molecule has 3 aliphatic carbocycles. The Morgan fingerprint density at radius 2 is 1.74 bits per heavy atom. The molecule has 8 atom stereocenters. The Kier molecular flexibility index (Phi) is 5.65. The normalized spacial score (nSPS) is 40.1. The van der Waals surface area contributed by atoms with Crippen LogP contribution in [-0.2, 0) is 15.1 Å². The van der Waals surface area contributed by atoms with Gasteiger partial charge in [0, 0.05) is 17.4 Å². The second kappa shape index (κ2) is 8.10. The number of fused-ring (bicyclic) bond motifs is 5. The molecule has 7 heteroatoms. The molecule has 190 valence electrons. The first-order chi connectivity index (χ1) is 16.4. The molecule has 1 aromatic carbocycles. The number of hydrogen-bond acceptors (Lipinski definition) is 2. The standard InChI is InChI=1S/C28H35F3N2O2/c1-25-15-13-20-18(9-12-22-26(20,2)16-14-23(34)32-22)19(25)10-11-21(25)24(35)33-27(3,28(29,30)31)17-7-5-4-6-8-17/h4-8,14,16,18-22H,9-13,15H2,1-3H3,(H,32,34)(H,33,35)/t18-,19-,20+,21?,22?,25-,26+,27?/m0/s1. The predicted molar refractivity (Wildman–Crippen MR) is 127 cm³/mol. The highest BCUT2D eigenvalue weighted by atomic mass is 19.4. The summed E-state index contributed by atoms with van der Waals surface area (Å²) >= 11 is 0. The smallest absolute Gasteiger partial charge is 0.349 e. The van der Waals surface area contributed by atoms with Gasteiger partial charge in [-0.15, -0.1) is 0 Å². The van der Waals surface area contributed by atoms with Gasteiger partial charge in [0.2, 0.25) is 11.8 Å². The van der Waals surface area contributed by atoms with E-state index in [2.05, 4.69) is 30.6 Å². The number of rotatable bonds is 3. The molecule has 3 saturated carbocycles. The van der Waals surface area contributed by atoms with E-state index in [1.165, 1.54) is 12.1 Å². The minimum absolute atomic E-state index is 0.0321. The van der Waals surface area contributed by atoms with Crippen LogP contribution in [0.3, 0.4) is 0 Å². The van der Waals surface area contributed by atoms with Crippen molar-refractivity contribution < 1.29 is 22.8 Å². The zero-order valence-corrected chi connectivity index (χ0v) is 20.6. The van der Waals surface area contributed by atoms with Crippen LogP contribution in [0.25, 0.3) is 0 Å². The molecule has 0 radical (unpaired) electrons. The Labute approximate surface area is 205 Å². The second-order valence-electron chi connectivity index (χ2n) is 11.9. The van der Waals surface area contributed by atoms with Crippen molar-refractivity contribution in [3.05, 3.63) is 48.0 Å². The van der Waals surface area contributed by atoms with E-state index in [4.69, 9.17) is 0 Å². The summed E-state index contributed by atoms with van der Waals surface area (Å²) in [4.78, 5) is 25.5. The first kappa shape index (κ1) is 24.4. The molecule has 2 amide bonds. The fraction of sp³-hybridized carbons (Fsp3) is 0.643. The molecule has 1 aliphatic heterocycles. The van der Waals surface area contributed by atoms with Crippen molar-refractivity contribution in [3.63, 3.8) is 0 Å². The van der Waals surface area contributed by atoms with Gasteiger partial charge in [-0.3, -0.25) is 9.59 Å². The van der Waals surface area contributed by atoms with Gasteiger partial charge in [-0.2, -0.15) is 13.2 Å². The van der Waals surface area contributed by atoms with E-state index in [9.17, 15) is 22.8 Å². The highest BCUT2D eigenvalue weighted by Crippen LogP contribution is 2.65. The molecular formula is C28H35F3N2O2. The molecule has 0 bridgehead atoms. The zero-order chi connectivity index (χ0) is 25.2. The average Bonchev–Trinajstić information content (AvgIpc) is 3.16. The molecule has 4 aliphatic rings. The molecule has 3 fully saturated rings. The van der Waals surface area contributed by atoms with Crippen molar-refractivity contribution in [3.8, 4) is 0 Å². The average molecular weight is 489 g/mol. The Morgan fingerprint density at radius 1 is 1.03 bits per heavy atom. The third-order valence-electron chi connectivity index (χ3n) is 10.3. The van der Waals surface area contributed by atoms with Crippen molar-refractivity contribution in [2.45, 2.75) is 77.1 Å². The first-order valence-electron chi connectivity index (χ1n) is 12.8. The Morgan fingerprint density at radius 3 is 2.43 bits per heavy atom. The molecule has 5 rings (SSSR count). The van der Waals surface area contributed by atoms with E-state index < -0.39 is 23.5 Å². The van der Waals surface area contributed by atoms with Crippen LogP contribution in [0.15, 0.2) is 42.5 Å². The summed E-state index contributed by atoms with van der Waals surface area (Å²) in [7, 11) is 0. The van der Waals surface area contributed by atoms with Gasteiger partial charge in [-0.25, -0.2) is 0 Å².